The fraction of sp³-hybridized carbons (Fsp3) is 0.500. The Kier molecular flexibility index (Phi) is 5.81. The molecule has 4 heteroatoms. The number of nitrogens with zero attached hydrogens (tertiary/aromatic N) is 4. The normalized spacial score (nSPS) is 18.5. The molecule has 2 aromatic rings. The lowest BCUT2D eigenvalue weighted by molar-refractivity contribution is 0.130. The number of hydrogen-bond acceptors (Lipinski definition) is 4. The minimum Gasteiger partial charge on any atom is -0.363 e. The van der Waals surface area contributed by atoms with E-state index in [0.717, 1.165) is 18.8 Å². The standard InChI is InChI=1S/C20H28N4/c1-23(2)20-11-7-9-17(22-20)12-13-19-10-4-6-15-24(19)16-18-8-3-5-14-21-18/h3,5,7-9,11,14,19H,4,6,10,12-13,15-16H2,1-2H3. The Bertz CT molecular complexity index is 627. The first-order valence-corrected chi connectivity index (χ1v) is 8.99. The van der Waals surface area contributed by atoms with Crippen molar-refractivity contribution < 1.29 is 0 Å². The van der Waals surface area contributed by atoms with Crippen LogP contribution in [0.1, 0.15) is 37.1 Å². The lowest BCUT2D eigenvalue weighted by Crippen LogP contribution is -2.39. The quantitative estimate of drug-likeness (QED) is 0.814. The summed E-state index contributed by atoms with van der Waals surface area (Å²) in [6, 6.07) is 13.2. The Morgan fingerprint density at radius 1 is 1.08 bits per heavy atom. The van der Waals surface area contributed by atoms with Gasteiger partial charge in [-0.2, -0.15) is 0 Å². The topological polar surface area (TPSA) is 32.3 Å². The summed E-state index contributed by atoms with van der Waals surface area (Å²) in [6.07, 6.45) is 8.05. The second-order valence-electron chi connectivity index (χ2n) is 6.86. The van der Waals surface area contributed by atoms with Crippen molar-refractivity contribution in [3.05, 3.63) is 54.0 Å². The molecule has 0 radical (unpaired) electrons. The summed E-state index contributed by atoms with van der Waals surface area (Å²) < 4.78 is 0. The number of pyridine rings is 2. The Hall–Kier alpha value is -1.94. The second-order valence-corrected chi connectivity index (χ2v) is 6.86. The number of hydrogen-bond donors (Lipinski definition) is 0. The van der Waals surface area contributed by atoms with Crippen LogP contribution in [0.5, 0.6) is 0 Å². The van der Waals surface area contributed by atoms with E-state index in [9.17, 15) is 0 Å². The maximum atomic E-state index is 4.76. The largest absolute Gasteiger partial charge is 0.363 e. The zero-order valence-electron chi connectivity index (χ0n) is 14.9. The summed E-state index contributed by atoms with van der Waals surface area (Å²) in [6.45, 7) is 2.16. The summed E-state index contributed by atoms with van der Waals surface area (Å²) in [7, 11) is 4.09. The number of rotatable bonds is 6. The van der Waals surface area contributed by atoms with Crippen molar-refractivity contribution in [3.63, 3.8) is 0 Å². The lowest BCUT2D eigenvalue weighted by atomic mass is 9.96. The minimum atomic E-state index is 0.644. The Labute approximate surface area is 145 Å². The third-order valence-corrected chi connectivity index (χ3v) is 4.82. The first kappa shape index (κ1) is 16.9. The van der Waals surface area contributed by atoms with Gasteiger partial charge in [-0.25, -0.2) is 4.98 Å². The van der Waals surface area contributed by atoms with E-state index in [0.29, 0.717) is 6.04 Å². The van der Waals surface area contributed by atoms with E-state index in [4.69, 9.17) is 4.98 Å². The van der Waals surface area contributed by atoms with Gasteiger partial charge >= 0.3 is 0 Å². The van der Waals surface area contributed by atoms with Crippen LogP contribution in [-0.4, -0.2) is 41.5 Å². The van der Waals surface area contributed by atoms with Crippen molar-refractivity contribution in [2.45, 2.75) is 44.7 Å². The maximum absolute atomic E-state index is 4.76. The molecule has 1 saturated heterocycles. The van der Waals surface area contributed by atoms with Crippen LogP contribution in [0.2, 0.25) is 0 Å². The number of anilines is 1. The van der Waals surface area contributed by atoms with E-state index >= 15 is 0 Å². The average Bonchev–Trinajstić information content (AvgIpc) is 2.62. The molecular weight excluding hydrogens is 296 g/mol. The zero-order chi connectivity index (χ0) is 16.8. The Morgan fingerprint density at radius 2 is 1.96 bits per heavy atom. The Morgan fingerprint density at radius 3 is 2.75 bits per heavy atom. The summed E-state index contributed by atoms with van der Waals surface area (Å²) in [5.41, 5.74) is 2.38. The monoisotopic (exact) mass is 324 g/mol. The molecule has 128 valence electrons. The maximum Gasteiger partial charge on any atom is 0.128 e. The van der Waals surface area contributed by atoms with Gasteiger partial charge in [0.25, 0.3) is 0 Å². The molecule has 24 heavy (non-hydrogen) atoms. The molecule has 3 heterocycles. The minimum absolute atomic E-state index is 0.644. The highest BCUT2D eigenvalue weighted by atomic mass is 15.2. The molecule has 0 aromatic carbocycles. The van der Waals surface area contributed by atoms with Crippen LogP contribution in [0, 0.1) is 0 Å². The van der Waals surface area contributed by atoms with E-state index in [1.807, 2.05) is 26.4 Å². The lowest BCUT2D eigenvalue weighted by Gasteiger charge is -2.35. The molecule has 1 atom stereocenters. The average molecular weight is 324 g/mol. The highest BCUT2D eigenvalue weighted by Gasteiger charge is 2.22. The van der Waals surface area contributed by atoms with Crippen molar-refractivity contribution in [1.82, 2.24) is 14.9 Å². The molecule has 4 nitrogen and oxygen atoms in total. The third kappa shape index (κ3) is 4.54. The van der Waals surface area contributed by atoms with E-state index in [1.54, 1.807) is 0 Å². The SMILES string of the molecule is CN(C)c1cccc(CCC2CCCCN2Cc2ccccn2)n1. The van der Waals surface area contributed by atoms with Crippen LogP contribution in [0.25, 0.3) is 0 Å². The van der Waals surface area contributed by atoms with Crippen LogP contribution >= 0.6 is 0 Å². The fourth-order valence-electron chi connectivity index (χ4n) is 3.46. The van der Waals surface area contributed by atoms with E-state index in [1.165, 1.54) is 43.6 Å². The smallest absolute Gasteiger partial charge is 0.128 e. The zero-order valence-corrected chi connectivity index (χ0v) is 14.9. The van der Waals surface area contributed by atoms with Crippen LogP contribution in [0.3, 0.4) is 0 Å². The van der Waals surface area contributed by atoms with E-state index < -0.39 is 0 Å². The summed E-state index contributed by atoms with van der Waals surface area (Å²) in [5.74, 6) is 1.04. The van der Waals surface area contributed by atoms with Gasteiger partial charge in [-0.3, -0.25) is 9.88 Å². The highest BCUT2D eigenvalue weighted by molar-refractivity contribution is 5.37. The van der Waals surface area contributed by atoms with Gasteiger partial charge in [0.2, 0.25) is 0 Å². The number of likely N-dealkylation sites (tertiary alicyclic amines) is 1. The van der Waals surface area contributed by atoms with Gasteiger partial charge in [-0.15, -0.1) is 0 Å². The van der Waals surface area contributed by atoms with Gasteiger partial charge in [-0.1, -0.05) is 18.6 Å². The molecule has 1 aliphatic heterocycles. The molecule has 1 aliphatic rings. The predicted octanol–water partition coefficient (Wildman–Crippen LogP) is 3.53. The molecule has 0 N–H and O–H groups in total. The number of piperidine rings is 1. The van der Waals surface area contributed by atoms with E-state index in [-0.39, 0.29) is 0 Å². The summed E-state index contributed by atoms with van der Waals surface area (Å²) in [5, 5.41) is 0. The van der Waals surface area contributed by atoms with Gasteiger partial charge in [0.15, 0.2) is 0 Å². The molecule has 1 fully saturated rings. The molecule has 0 saturated carbocycles. The van der Waals surface area contributed by atoms with Gasteiger partial charge in [0.05, 0.1) is 5.69 Å². The van der Waals surface area contributed by atoms with Crippen molar-refractivity contribution in [3.8, 4) is 0 Å². The molecule has 0 spiro atoms. The molecule has 0 bridgehead atoms. The van der Waals surface area contributed by atoms with Crippen molar-refractivity contribution in [2.75, 3.05) is 25.5 Å². The van der Waals surface area contributed by atoms with Crippen LogP contribution in [-0.2, 0) is 13.0 Å². The van der Waals surface area contributed by atoms with Crippen molar-refractivity contribution in [1.29, 1.82) is 0 Å². The summed E-state index contributed by atoms with van der Waals surface area (Å²) >= 11 is 0. The van der Waals surface area contributed by atoms with Gasteiger partial charge in [0.1, 0.15) is 5.82 Å². The number of aromatic nitrogens is 2. The third-order valence-electron chi connectivity index (χ3n) is 4.82. The van der Waals surface area contributed by atoms with Crippen LogP contribution in [0.15, 0.2) is 42.6 Å². The summed E-state index contributed by atoms with van der Waals surface area (Å²) in [4.78, 5) is 13.9. The van der Waals surface area contributed by atoms with Crippen molar-refractivity contribution in [2.24, 2.45) is 0 Å². The first-order valence-electron chi connectivity index (χ1n) is 8.99. The highest BCUT2D eigenvalue weighted by Crippen LogP contribution is 2.23. The van der Waals surface area contributed by atoms with Crippen LogP contribution in [0.4, 0.5) is 5.82 Å². The molecule has 2 aromatic heterocycles. The first-order chi connectivity index (χ1) is 11.7. The number of aryl methyl sites for hydroxylation is 1. The molecule has 0 aliphatic carbocycles. The van der Waals surface area contributed by atoms with Gasteiger partial charge < -0.3 is 4.90 Å². The Balaban J connectivity index is 1.60. The molecule has 3 rings (SSSR count). The molecular formula is C20H28N4. The molecule has 0 amide bonds. The van der Waals surface area contributed by atoms with Crippen molar-refractivity contribution >= 4 is 5.82 Å². The predicted molar refractivity (Wildman–Crippen MR) is 99.2 cm³/mol. The second kappa shape index (κ2) is 8.25. The molecule has 1 unspecified atom stereocenters. The van der Waals surface area contributed by atoms with Gasteiger partial charge in [-0.05, 0) is 56.5 Å². The van der Waals surface area contributed by atoms with E-state index in [2.05, 4.69) is 45.1 Å². The van der Waals surface area contributed by atoms with Gasteiger partial charge in [0, 0.05) is 38.6 Å². The van der Waals surface area contributed by atoms with Crippen LogP contribution < -0.4 is 4.90 Å². The fourth-order valence-corrected chi connectivity index (χ4v) is 3.46.